The largest absolute Gasteiger partial charge is 0.397 e. The van der Waals surface area contributed by atoms with Crippen LogP contribution in [-0.2, 0) is 16.6 Å². The molecule has 6 nitrogen and oxygen atoms in total. The number of nitrogens with zero attached hydrogens (tertiary/aromatic N) is 1. The van der Waals surface area contributed by atoms with E-state index in [2.05, 4.69) is 10.3 Å². The molecule has 7 heteroatoms. The van der Waals surface area contributed by atoms with Crippen LogP contribution in [0, 0.1) is 6.92 Å². The maximum atomic E-state index is 11.2. The summed E-state index contributed by atoms with van der Waals surface area (Å²) < 4.78 is 22.4. The monoisotopic (exact) mass is 292 g/mol. The summed E-state index contributed by atoms with van der Waals surface area (Å²) >= 11 is 0. The topological polar surface area (TPSA) is 111 Å². The molecule has 2 rings (SSSR count). The number of aromatic nitrogens is 1. The molecule has 2 aromatic rings. The van der Waals surface area contributed by atoms with Crippen LogP contribution in [0.5, 0.6) is 0 Å². The van der Waals surface area contributed by atoms with Gasteiger partial charge in [0.15, 0.2) is 0 Å². The number of benzene rings is 1. The number of nitrogens with two attached hydrogens (primary N) is 2. The Morgan fingerprint density at radius 1 is 1.25 bits per heavy atom. The number of nitrogen functional groups attached to an aromatic ring is 1. The van der Waals surface area contributed by atoms with Gasteiger partial charge in [0.2, 0.25) is 10.0 Å². The second-order valence-corrected chi connectivity index (χ2v) is 5.98. The Balaban J connectivity index is 2.15. The van der Waals surface area contributed by atoms with Gasteiger partial charge in [-0.2, -0.15) is 0 Å². The summed E-state index contributed by atoms with van der Waals surface area (Å²) in [6, 6.07) is 10.1. The highest BCUT2D eigenvalue weighted by Gasteiger charge is 2.09. The fraction of sp³-hybridized carbons (Fsp3) is 0.154. The highest BCUT2D eigenvalue weighted by Crippen LogP contribution is 2.22. The van der Waals surface area contributed by atoms with Crippen LogP contribution in [0.15, 0.2) is 41.3 Å². The second-order valence-electron chi connectivity index (χ2n) is 4.42. The Bertz CT molecular complexity index is 729. The van der Waals surface area contributed by atoms with Crippen LogP contribution in [0.4, 0.5) is 11.4 Å². The normalized spacial score (nSPS) is 11.3. The summed E-state index contributed by atoms with van der Waals surface area (Å²) in [7, 11) is -3.73. The van der Waals surface area contributed by atoms with Crippen molar-refractivity contribution < 1.29 is 8.42 Å². The first kappa shape index (κ1) is 14.3. The lowest BCUT2D eigenvalue weighted by Gasteiger charge is -2.10. The van der Waals surface area contributed by atoms with Crippen molar-refractivity contribution in [2.45, 2.75) is 18.4 Å². The molecule has 0 radical (unpaired) electrons. The molecule has 0 saturated carbocycles. The average Bonchev–Trinajstić information content (AvgIpc) is 2.36. The van der Waals surface area contributed by atoms with E-state index in [1.54, 1.807) is 6.07 Å². The Kier molecular flexibility index (Phi) is 3.91. The van der Waals surface area contributed by atoms with Gasteiger partial charge in [-0.05, 0) is 37.3 Å². The van der Waals surface area contributed by atoms with E-state index < -0.39 is 10.0 Å². The van der Waals surface area contributed by atoms with Gasteiger partial charge in [0.25, 0.3) is 0 Å². The molecule has 1 heterocycles. The van der Waals surface area contributed by atoms with Gasteiger partial charge in [-0.15, -0.1) is 0 Å². The zero-order chi connectivity index (χ0) is 14.8. The molecule has 0 saturated heterocycles. The van der Waals surface area contributed by atoms with Gasteiger partial charge < -0.3 is 11.1 Å². The molecule has 106 valence electrons. The van der Waals surface area contributed by atoms with Crippen LogP contribution in [-0.4, -0.2) is 13.4 Å². The zero-order valence-corrected chi connectivity index (χ0v) is 11.8. The maximum Gasteiger partial charge on any atom is 0.238 e. The smallest absolute Gasteiger partial charge is 0.238 e. The van der Waals surface area contributed by atoms with Gasteiger partial charge in [0.05, 0.1) is 28.5 Å². The van der Waals surface area contributed by atoms with E-state index >= 15 is 0 Å². The van der Waals surface area contributed by atoms with Crippen molar-refractivity contribution in [3.63, 3.8) is 0 Å². The van der Waals surface area contributed by atoms with Gasteiger partial charge in [0.1, 0.15) is 0 Å². The predicted molar refractivity (Wildman–Crippen MR) is 78.5 cm³/mol. The van der Waals surface area contributed by atoms with E-state index in [1.165, 1.54) is 12.1 Å². The minimum absolute atomic E-state index is 0.00534. The first-order valence-electron chi connectivity index (χ1n) is 5.95. The van der Waals surface area contributed by atoms with Gasteiger partial charge in [-0.1, -0.05) is 6.07 Å². The van der Waals surface area contributed by atoms with E-state index in [-0.39, 0.29) is 4.90 Å². The lowest BCUT2D eigenvalue weighted by atomic mass is 10.2. The Morgan fingerprint density at radius 2 is 2.00 bits per heavy atom. The number of aryl methyl sites for hydroxylation is 1. The highest BCUT2D eigenvalue weighted by atomic mass is 32.2. The highest BCUT2D eigenvalue weighted by molar-refractivity contribution is 7.89. The van der Waals surface area contributed by atoms with Crippen molar-refractivity contribution in [2.75, 3.05) is 11.1 Å². The van der Waals surface area contributed by atoms with E-state index in [1.807, 2.05) is 25.1 Å². The number of nitrogens with one attached hydrogen (secondary N) is 1. The number of hydrogen-bond acceptors (Lipinski definition) is 5. The molecule has 0 fully saturated rings. The molecule has 0 spiro atoms. The standard InChI is InChI=1S/C13H16N4O2S/c1-9-3-2-4-10(17-9)8-16-13-6-5-11(7-12(13)14)20(15,18)19/h2-7,16H,8,14H2,1H3,(H2,15,18,19). The Labute approximate surface area is 117 Å². The first-order valence-corrected chi connectivity index (χ1v) is 7.49. The van der Waals surface area contributed by atoms with Gasteiger partial charge >= 0.3 is 0 Å². The molecular formula is C13H16N4O2S. The summed E-state index contributed by atoms with van der Waals surface area (Å²) in [5.41, 5.74) is 8.58. The molecule has 1 aromatic heterocycles. The lowest BCUT2D eigenvalue weighted by molar-refractivity contribution is 0.598. The molecular weight excluding hydrogens is 276 g/mol. The van der Waals surface area contributed by atoms with Crippen LogP contribution in [0.1, 0.15) is 11.4 Å². The lowest BCUT2D eigenvalue weighted by Crippen LogP contribution is -2.13. The van der Waals surface area contributed by atoms with Crippen LogP contribution < -0.4 is 16.2 Å². The summed E-state index contributed by atoms with van der Waals surface area (Å²) in [5.74, 6) is 0. The van der Waals surface area contributed by atoms with Crippen molar-refractivity contribution >= 4 is 21.4 Å². The van der Waals surface area contributed by atoms with E-state index in [0.29, 0.717) is 17.9 Å². The predicted octanol–water partition coefficient (Wildman–Crippen LogP) is 1.23. The van der Waals surface area contributed by atoms with Crippen molar-refractivity contribution in [1.82, 2.24) is 4.98 Å². The third-order valence-electron chi connectivity index (χ3n) is 2.76. The molecule has 0 amide bonds. The van der Waals surface area contributed by atoms with Crippen LogP contribution in [0.25, 0.3) is 0 Å². The zero-order valence-electron chi connectivity index (χ0n) is 11.0. The summed E-state index contributed by atoms with van der Waals surface area (Å²) in [6.45, 7) is 2.42. The fourth-order valence-electron chi connectivity index (χ4n) is 1.76. The number of pyridine rings is 1. The second kappa shape index (κ2) is 5.48. The maximum absolute atomic E-state index is 11.2. The van der Waals surface area contributed by atoms with Crippen LogP contribution >= 0.6 is 0 Å². The SMILES string of the molecule is Cc1cccc(CNc2ccc(S(N)(=O)=O)cc2N)n1. The molecule has 0 aliphatic heterocycles. The summed E-state index contributed by atoms with van der Waals surface area (Å²) in [6.07, 6.45) is 0. The number of primary sulfonamides is 1. The minimum Gasteiger partial charge on any atom is -0.397 e. The third kappa shape index (κ3) is 3.46. The van der Waals surface area contributed by atoms with E-state index in [0.717, 1.165) is 11.4 Å². The quantitative estimate of drug-likeness (QED) is 0.734. The number of anilines is 2. The number of rotatable bonds is 4. The van der Waals surface area contributed by atoms with Crippen LogP contribution in [0.3, 0.4) is 0 Å². The number of sulfonamides is 1. The summed E-state index contributed by atoms with van der Waals surface area (Å²) in [4.78, 5) is 4.35. The fourth-order valence-corrected chi connectivity index (χ4v) is 2.31. The third-order valence-corrected chi connectivity index (χ3v) is 3.67. The van der Waals surface area contributed by atoms with E-state index in [4.69, 9.17) is 10.9 Å². The van der Waals surface area contributed by atoms with Crippen molar-refractivity contribution in [3.05, 3.63) is 47.8 Å². The molecule has 0 unspecified atom stereocenters. The van der Waals surface area contributed by atoms with Crippen molar-refractivity contribution in [1.29, 1.82) is 0 Å². The molecule has 0 aliphatic rings. The summed E-state index contributed by atoms with van der Waals surface area (Å²) in [5, 5.41) is 8.16. The molecule has 0 aliphatic carbocycles. The van der Waals surface area contributed by atoms with Crippen molar-refractivity contribution in [2.24, 2.45) is 5.14 Å². The Hall–Kier alpha value is -2.12. The molecule has 5 N–H and O–H groups in total. The Morgan fingerprint density at radius 3 is 2.60 bits per heavy atom. The molecule has 1 aromatic carbocycles. The number of hydrogen-bond donors (Lipinski definition) is 3. The van der Waals surface area contributed by atoms with Gasteiger partial charge in [-0.3, -0.25) is 4.98 Å². The van der Waals surface area contributed by atoms with Crippen molar-refractivity contribution in [3.8, 4) is 0 Å². The van der Waals surface area contributed by atoms with Gasteiger partial charge in [0, 0.05) is 5.69 Å². The molecule has 0 bridgehead atoms. The van der Waals surface area contributed by atoms with Gasteiger partial charge in [-0.25, -0.2) is 13.6 Å². The van der Waals surface area contributed by atoms with Crippen LogP contribution in [0.2, 0.25) is 0 Å². The van der Waals surface area contributed by atoms with E-state index in [9.17, 15) is 8.42 Å². The molecule has 20 heavy (non-hydrogen) atoms. The first-order chi connectivity index (χ1) is 9.36. The molecule has 0 atom stereocenters. The average molecular weight is 292 g/mol. The minimum atomic E-state index is -3.73.